The van der Waals surface area contributed by atoms with Crippen molar-refractivity contribution in [3.05, 3.63) is 79.9 Å². The second kappa shape index (κ2) is 14.7. The molecule has 0 saturated carbocycles. The summed E-state index contributed by atoms with van der Waals surface area (Å²) < 4.78 is 10.7. The Morgan fingerprint density at radius 1 is 0.911 bits per heavy atom. The Labute approximate surface area is 262 Å². The van der Waals surface area contributed by atoms with E-state index < -0.39 is 40.5 Å². The van der Waals surface area contributed by atoms with E-state index in [1.165, 1.54) is 53.4 Å². The molecule has 0 radical (unpaired) electrons. The summed E-state index contributed by atoms with van der Waals surface area (Å²) in [6, 6.07) is 10.3. The zero-order valence-corrected chi connectivity index (χ0v) is 25.0. The van der Waals surface area contributed by atoms with Crippen molar-refractivity contribution in [2.24, 2.45) is 11.7 Å². The monoisotopic (exact) mass is 644 g/mol. The minimum Gasteiger partial charge on any atom is -0.445 e. The third kappa shape index (κ3) is 8.81. The number of rotatable bonds is 11. The number of non-ortho nitro benzene ring substituents is 2. The molecule has 2 N–H and O–H groups in total. The number of thiol groups is 1. The smallest absolute Gasteiger partial charge is 0.410 e. The molecule has 2 aliphatic heterocycles. The SMILES string of the molecule is NC(=O)CN(C[C@H]1CCN(C(=O)[C@@H]2C[C@H](S)CN2C(=O)OCc2ccc([N+](=O)[O-])cc2)C1)C(=O)OCc1ccc([N+](=O)[O-])cc1. The van der Waals surface area contributed by atoms with Crippen LogP contribution >= 0.6 is 12.6 Å². The largest absolute Gasteiger partial charge is 0.445 e. The maximum atomic E-state index is 13.5. The number of nitrogens with two attached hydrogens (primary N) is 1. The lowest BCUT2D eigenvalue weighted by Gasteiger charge is -2.28. The van der Waals surface area contributed by atoms with Gasteiger partial charge in [-0.15, -0.1) is 0 Å². The van der Waals surface area contributed by atoms with E-state index in [1.54, 1.807) is 4.90 Å². The number of ether oxygens (including phenoxy) is 2. The van der Waals surface area contributed by atoms with Crippen molar-refractivity contribution in [3.63, 3.8) is 0 Å². The number of carbonyl (C=O) groups is 4. The van der Waals surface area contributed by atoms with Gasteiger partial charge >= 0.3 is 12.2 Å². The number of nitrogens with zero attached hydrogens (tertiary/aromatic N) is 5. The molecule has 2 fully saturated rings. The highest BCUT2D eigenvalue weighted by Crippen LogP contribution is 2.28. The van der Waals surface area contributed by atoms with E-state index in [9.17, 15) is 39.4 Å². The van der Waals surface area contributed by atoms with E-state index in [1.807, 2.05) is 0 Å². The zero-order valence-electron chi connectivity index (χ0n) is 24.1. The first-order valence-electron chi connectivity index (χ1n) is 14.0. The van der Waals surface area contributed by atoms with E-state index in [0.717, 1.165) is 4.90 Å². The standard InChI is InChI=1S/C28H32N6O10S/c29-25(35)15-31(27(37)43-16-18-1-5-21(6-2-18)33(39)40)13-20-9-10-30(12-20)26(36)24-11-23(45)14-32(24)28(38)44-17-19-3-7-22(8-4-19)34(41)42/h1-8,20,23-24,45H,9-17H2,(H2,29,35)/t20-,23-,24-/m0/s1. The molecule has 240 valence electrons. The number of primary amides is 1. The van der Waals surface area contributed by atoms with Gasteiger partial charge in [0.15, 0.2) is 0 Å². The van der Waals surface area contributed by atoms with E-state index in [0.29, 0.717) is 30.5 Å². The van der Waals surface area contributed by atoms with E-state index in [4.69, 9.17) is 15.2 Å². The average Bonchev–Trinajstić information content (AvgIpc) is 3.64. The number of hydrogen-bond acceptors (Lipinski definition) is 11. The lowest BCUT2D eigenvalue weighted by molar-refractivity contribution is -0.385. The van der Waals surface area contributed by atoms with Crippen molar-refractivity contribution in [1.29, 1.82) is 0 Å². The van der Waals surface area contributed by atoms with Gasteiger partial charge in [0.25, 0.3) is 11.4 Å². The first-order chi connectivity index (χ1) is 21.4. The van der Waals surface area contributed by atoms with Crippen LogP contribution in [-0.2, 0) is 32.3 Å². The van der Waals surface area contributed by atoms with Crippen molar-refractivity contribution < 1.29 is 38.5 Å². The Morgan fingerprint density at radius 3 is 2.00 bits per heavy atom. The molecule has 4 rings (SSSR count). The summed E-state index contributed by atoms with van der Waals surface area (Å²) in [5.41, 5.74) is 6.22. The topological polar surface area (TPSA) is 209 Å². The summed E-state index contributed by atoms with van der Waals surface area (Å²) in [5, 5.41) is 21.4. The molecule has 45 heavy (non-hydrogen) atoms. The Morgan fingerprint density at radius 2 is 1.47 bits per heavy atom. The Bertz CT molecular complexity index is 1440. The van der Waals surface area contributed by atoms with Gasteiger partial charge in [-0.25, -0.2) is 9.59 Å². The normalized spacial score (nSPS) is 19.2. The van der Waals surface area contributed by atoms with E-state index >= 15 is 0 Å². The van der Waals surface area contributed by atoms with Crippen LogP contribution in [0.2, 0.25) is 0 Å². The van der Waals surface area contributed by atoms with Crippen LogP contribution in [0.1, 0.15) is 24.0 Å². The number of hydrogen-bond donors (Lipinski definition) is 2. The molecule has 3 atom stereocenters. The predicted octanol–water partition coefficient (Wildman–Crippen LogP) is 2.48. The van der Waals surface area contributed by atoms with Gasteiger partial charge in [-0.3, -0.25) is 39.6 Å². The van der Waals surface area contributed by atoms with Crippen LogP contribution in [0.3, 0.4) is 0 Å². The molecule has 16 nitrogen and oxygen atoms in total. The molecule has 2 saturated heterocycles. The van der Waals surface area contributed by atoms with Crippen molar-refractivity contribution in [1.82, 2.24) is 14.7 Å². The Hall–Kier alpha value is -4.93. The van der Waals surface area contributed by atoms with Gasteiger partial charge in [-0.05, 0) is 54.2 Å². The molecule has 0 unspecified atom stereocenters. The fourth-order valence-electron chi connectivity index (χ4n) is 5.24. The maximum Gasteiger partial charge on any atom is 0.410 e. The minimum absolute atomic E-state index is 0.0889. The summed E-state index contributed by atoms with van der Waals surface area (Å²) in [6.07, 6.45) is -0.661. The molecule has 2 aromatic carbocycles. The molecule has 0 spiro atoms. The predicted molar refractivity (Wildman–Crippen MR) is 160 cm³/mol. The summed E-state index contributed by atoms with van der Waals surface area (Å²) in [5.74, 6) is -1.23. The van der Waals surface area contributed by atoms with Crippen molar-refractivity contribution in [3.8, 4) is 0 Å². The van der Waals surface area contributed by atoms with Gasteiger partial charge in [0.05, 0.1) is 9.85 Å². The van der Waals surface area contributed by atoms with Gasteiger partial charge < -0.3 is 20.1 Å². The molecule has 2 aromatic rings. The first-order valence-corrected chi connectivity index (χ1v) is 14.5. The Kier molecular flexibility index (Phi) is 10.8. The summed E-state index contributed by atoms with van der Waals surface area (Å²) in [4.78, 5) is 75.6. The highest BCUT2D eigenvalue weighted by Gasteiger charge is 2.43. The molecular weight excluding hydrogens is 612 g/mol. The second-order valence-corrected chi connectivity index (χ2v) is 11.5. The van der Waals surface area contributed by atoms with Crippen molar-refractivity contribution in [2.75, 3.05) is 32.7 Å². The summed E-state index contributed by atoms with van der Waals surface area (Å²) >= 11 is 4.47. The molecule has 0 bridgehead atoms. The molecule has 0 aliphatic carbocycles. The minimum atomic E-state index is -0.802. The van der Waals surface area contributed by atoms with Crippen molar-refractivity contribution >= 4 is 48.0 Å². The molecule has 17 heteroatoms. The van der Waals surface area contributed by atoms with Crippen LogP contribution in [-0.4, -0.2) is 92.6 Å². The summed E-state index contributed by atoms with van der Waals surface area (Å²) in [6.45, 7) is 0.211. The maximum absolute atomic E-state index is 13.5. The quantitative estimate of drug-likeness (QED) is 0.207. The third-order valence-corrected chi connectivity index (χ3v) is 7.87. The lowest BCUT2D eigenvalue weighted by Crippen LogP contribution is -2.47. The number of nitro groups is 2. The fourth-order valence-corrected chi connectivity index (χ4v) is 5.61. The number of likely N-dealkylation sites (tertiary alicyclic amines) is 2. The van der Waals surface area contributed by atoms with Gasteiger partial charge in [-0.1, -0.05) is 0 Å². The molecule has 0 aromatic heterocycles. The van der Waals surface area contributed by atoms with Gasteiger partial charge in [0.1, 0.15) is 25.8 Å². The molecular formula is C28H32N6O10S. The van der Waals surface area contributed by atoms with Crippen LogP contribution in [0.25, 0.3) is 0 Å². The van der Waals surface area contributed by atoms with Gasteiger partial charge in [0.2, 0.25) is 11.8 Å². The van der Waals surface area contributed by atoms with Gasteiger partial charge in [-0.2, -0.15) is 12.6 Å². The number of benzene rings is 2. The first kappa shape index (κ1) is 33.0. The fraction of sp³-hybridized carbons (Fsp3) is 0.429. The molecule has 2 heterocycles. The Balaban J connectivity index is 1.31. The average molecular weight is 645 g/mol. The highest BCUT2D eigenvalue weighted by molar-refractivity contribution is 7.81. The van der Waals surface area contributed by atoms with E-state index in [-0.39, 0.29) is 61.3 Å². The van der Waals surface area contributed by atoms with Crippen LogP contribution < -0.4 is 5.73 Å². The van der Waals surface area contributed by atoms with Crippen LogP contribution in [0, 0.1) is 26.1 Å². The van der Waals surface area contributed by atoms with E-state index in [2.05, 4.69) is 12.6 Å². The molecule has 4 amide bonds. The second-order valence-electron chi connectivity index (χ2n) is 10.8. The highest BCUT2D eigenvalue weighted by atomic mass is 32.1. The van der Waals surface area contributed by atoms with Crippen LogP contribution in [0.4, 0.5) is 21.0 Å². The number of amides is 4. The summed E-state index contributed by atoms with van der Waals surface area (Å²) in [7, 11) is 0. The molecule has 2 aliphatic rings. The number of carbonyl (C=O) groups excluding carboxylic acids is 4. The lowest BCUT2D eigenvalue weighted by atomic mass is 10.1. The van der Waals surface area contributed by atoms with Gasteiger partial charge in [0, 0.05) is 55.7 Å². The number of nitro benzene ring substituents is 2. The van der Waals surface area contributed by atoms with Crippen LogP contribution in [0.5, 0.6) is 0 Å². The van der Waals surface area contributed by atoms with Crippen LogP contribution in [0.15, 0.2) is 48.5 Å². The third-order valence-electron chi connectivity index (χ3n) is 7.50. The zero-order chi connectivity index (χ0) is 32.7. The van der Waals surface area contributed by atoms with Crippen molar-refractivity contribution in [2.45, 2.75) is 37.3 Å².